The molecule has 1 fully saturated rings. The highest BCUT2D eigenvalue weighted by molar-refractivity contribution is 7.99. The third-order valence-corrected chi connectivity index (χ3v) is 5.77. The summed E-state index contributed by atoms with van der Waals surface area (Å²) >= 11 is 0.458. The molecular weight excluding hydrogens is 458 g/mol. The number of ether oxygens (including phenoxy) is 1. The topological polar surface area (TPSA) is 55.6 Å². The van der Waals surface area contributed by atoms with Crippen LogP contribution in [0.15, 0.2) is 58.5 Å². The first-order valence-corrected chi connectivity index (χ1v) is 10.2. The molecule has 0 unspecified atom stereocenters. The van der Waals surface area contributed by atoms with Crippen LogP contribution in [-0.4, -0.2) is 37.0 Å². The second-order valence-corrected chi connectivity index (χ2v) is 7.91. The molecule has 4 nitrogen and oxygen atoms in total. The van der Waals surface area contributed by atoms with Gasteiger partial charge in [0.15, 0.2) is 5.78 Å². The second kappa shape index (κ2) is 9.45. The van der Waals surface area contributed by atoms with E-state index in [9.17, 15) is 31.1 Å². The van der Waals surface area contributed by atoms with Crippen molar-refractivity contribution in [2.24, 2.45) is 0 Å². The number of hydrogen-bond donors (Lipinski definition) is 1. The lowest BCUT2D eigenvalue weighted by Gasteiger charge is -2.25. The largest absolute Gasteiger partial charge is 0.418 e. The van der Waals surface area contributed by atoms with Crippen LogP contribution in [0.4, 0.5) is 32.0 Å². The molecule has 1 aliphatic rings. The van der Waals surface area contributed by atoms with Crippen LogP contribution in [0, 0.1) is 0 Å². The van der Waals surface area contributed by atoms with Gasteiger partial charge in [-0.25, -0.2) is 0 Å². The summed E-state index contributed by atoms with van der Waals surface area (Å²) in [6.07, 6.45) is -8.66. The van der Waals surface area contributed by atoms with Gasteiger partial charge >= 0.3 is 12.4 Å². The van der Waals surface area contributed by atoms with E-state index in [1.54, 1.807) is 11.0 Å². The Kier molecular flexibility index (Phi) is 7.09. The van der Waals surface area contributed by atoms with E-state index in [2.05, 4.69) is 0 Å². The van der Waals surface area contributed by atoms with Gasteiger partial charge in [-0.3, -0.25) is 4.79 Å². The molecule has 0 atom stereocenters. The minimum atomic E-state index is -5.42. The van der Waals surface area contributed by atoms with E-state index in [4.69, 9.17) is 10.5 Å². The van der Waals surface area contributed by atoms with E-state index >= 15 is 0 Å². The first-order chi connectivity index (χ1) is 15.0. The number of ketones is 1. The Bertz CT molecular complexity index is 1010. The molecule has 2 aromatic carbocycles. The molecule has 1 saturated heterocycles. The van der Waals surface area contributed by atoms with Crippen molar-refractivity contribution < 1.29 is 35.9 Å². The number of nitrogens with two attached hydrogens (primary N) is 1. The Hall–Kier alpha value is -2.66. The van der Waals surface area contributed by atoms with Crippen molar-refractivity contribution in [3.05, 3.63) is 65.4 Å². The van der Waals surface area contributed by atoms with Gasteiger partial charge in [0.05, 0.1) is 24.3 Å². The predicted octanol–water partition coefficient (Wildman–Crippen LogP) is 5.49. The normalized spacial score (nSPS) is 15.4. The van der Waals surface area contributed by atoms with Crippen molar-refractivity contribution in [2.45, 2.75) is 22.1 Å². The lowest BCUT2D eigenvalue weighted by molar-refractivity contribution is -0.163. The van der Waals surface area contributed by atoms with Crippen LogP contribution in [0.5, 0.6) is 0 Å². The number of carbonyl (C=O) groups is 1. The van der Waals surface area contributed by atoms with Crippen molar-refractivity contribution in [1.29, 1.82) is 0 Å². The fraction of sp³-hybridized carbons (Fsp3) is 0.286. The summed E-state index contributed by atoms with van der Waals surface area (Å²) in [6, 6.07) is 7.52. The van der Waals surface area contributed by atoms with Gasteiger partial charge in [0.25, 0.3) is 0 Å². The molecule has 0 spiro atoms. The lowest BCUT2D eigenvalue weighted by Crippen LogP contribution is -2.32. The predicted molar refractivity (Wildman–Crippen MR) is 107 cm³/mol. The maximum Gasteiger partial charge on any atom is 0.418 e. The molecule has 0 aromatic heterocycles. The summed E-state index contributed by atoms with van der Waals surface area (Å²) in [5.41, 5.74) is 0.862. The molecule has 0 saturated carbocycles. The van der Waals surface area contributed by atoms with Gasteiger partial charge in [0.1, 0.15) is 0 Å². The standard InChI is InChI=1S/C21H18F6N2O2S/c22-20(23,24)18-13(15(30)7-8-29-9-11-31-12-10-29)5-6-17(19(18)21(25,26)27)32-16-4-2-1-3-14(16)28/h1-8H,9-12,28H2. The highest BCUT2D eigenvalue weighted by Crippen LogP contribution is 2.48. The first-order valence-electron chi connectivity index (χ1n) is 9.36. The van der Waals surface area contributed by atoms with E-state index in [-0.39, 0.29) is 10.6 Å². The number of benzene rings is 2. The monoisotopic (exact) mass is 476 g/mol. The van der Waals surface area contributed by atoms with Crippen molar-refractivity contribution in [3.8, 4) is 0 Å². The van der Waals surface area contributed by atoms with E-state index < -0.39 is 39.7 Å². The summed E-state index contributed by atoms with van der Waals surface area (Å²) in [6.45, 7) is 1.58. The van der Waals surface area contributed by atoms with Crippen LogP contribution in [-0.2, 0) is 17.1 Å². The molecule has 11 heteroatoms. The van der Waals surface area contributed by atoms with Gasteiger partial charge in [-0.05, 0) is 24.3 Å². The number of para-hydroxylation sites is 1. The van der Waals surface area contributed by atoms with Crippen LogP contribution in [0.2, 0.25) is 0 Å². The van der Waals surface area contributed by atoms with E-state index in [1.165, 1.54) is 24.4 Å². The highest BCUT2D eigenvalue weighted by Gasteiger charge is 2.47. The molecule has 0 aliphatic carbocycles. The molecule has 1 heterocycles. The average molecular weight is 476 g/mol. The van der Waals surface area contributed by atoms with Crippen molar-refractivity contribution in [3.63, 3.8) is 0 Å². The summed E-state index contributed by atoms with van der Waals surface area (Å²) in [4.78, 5) is 13.6. The average Bonchev–Trinajstić information content (AvgIpc) is 2.72. The SMILES string of the molecule is Nc1ccccc1Sc1ccc(C(=O)C=CN2CCOCC2)c(C(F)(F)F)c1C(F)(F)F. The van der Waals surface area contributed by atoms with Gasteiger partial charge in [-0.2, -0.15) is 26.3 Å². The maximum atomic E-state index is 13.9. The Morgan fingerprint density at radius 1 is 0.938 bits per heavy atom. The number of allylic oxidation sites excluding steroid dienone is 1. The Morgan fingerprint density at radius 2 is 1.56 bits per heavy atom. The fourth-order valence-electron chi connectivity index (χ4n) is 3.13. The maximum absolute atomic E-state index is 13.9. The first kappa shape index (κ1) is 24.0. The number of morpholine rings is 1. The summed E-state index contributed by atoms with van der Waals surface area (Å²) in [5, 5.41) is 0. The van der Waals surface area contributed by atoms with E-state index in [0.717, 1.165) is 18.2 Å². The van der Waals surface area contributed by atoms with Crippen LogP contribution in [0.1, 0.15) is 21.5 Å². The Labute approximate surface area is 184 Å². The zero-order chi connectivity index (χ0) is 23.5. The van der Waals surface area contributed by atoms with Crippen molar-refractivity contribution >= 4 is 23.2 Å². The molecule has 1 aliphatic heterocycles. The van der Waals surface area contributed by atoms with Gasteiger partial charge in [-0.1, -0.05) is 23.9 Å². The minimum absolute atomic E-state index is 0.118. The van der Waals surface area contributed by atoms with Crippen molar-refractivity contribution in [2.75, 3.05) is 32.0 Å². The number of anilines is 1. The third kappa shape index (κ3) is 5.57. The Morgan fingerprint density at radius 3 is 2.16 bits per heavy atom. The number of carbonyl (C=O) groups excluding carboxylic acids is 1. The highest BCUT2D eigenvalue weighted by atomic mass is 32.2. The van der Waals surface area contributed by atoms with Crippen LogP contribution in [0.25, 0.3) is 0 Å². The quantitative estimate of drug-likeness (QED) is 0.268. The van der Waals surface area contributed by atoms with Crippen LogP contribution >= 0.6 is 11.8 Å². The second-order valence-electron chi connectivity index (χ2n) is 6.82. The minimum Gasteiger partial charge on any atom is -0.398 e. The zero-order valence-electron chi connectivity index (χ0n) is 16.5. The number of rotatable bonds is 5. The van der Waals surface area contributed by atoms with E-state index in [1.807, 2.05) is 0 Å². The molecular formula is C21H18F6N2O2S. The summed E-state index contributed by atoms with van der Waals surface area (Å²) in [5.74, 6) is -1.18. The number of halogens is 6. The Balaban J connectivity index is 2.09. The summed E-state index contributed by atoms with van der Waals surface area (Å²) < 4.78 is 88.3. The van der Waals surface area contributed by atoms with Gasteiger partial charge in [0.2, 0.25) is 0 Å². The molecule has 2 N–H and O–H groups in total. The van der Waals surface area contributed by atoms with E-state index in [0.29, 0.717) is 38.1 Å². The molecule has 0 radical (unpaired) electrons. The number of hydrogen-bond acceptors (Lipinski definition) is 5. The number of nitrogen functional groups attached to an aromatic ring is 1. The van der Waals surface area contributed by atoms with Gasteiger partial charge in [-0.15, -0.1) is 0 Å². The van der Waals surface area contributed by atoms with Gasteiger partial charge in [0, 0.05) is 46.4 Å². The molecule has 3 rings (SSSR count). The fourth-order valence-corrected chi connectivity index (χ4v) is 4.16. The van der Waals surface area contributed by atoms with Crippen molar-refractivity contribution in [1.82, 2.24) is 4.90 Å². The number of nitrogens with zero attached hydrogens (tertiary/aromatic N) is 1. The lowest BCUT2D eigenvalue weighted by atomic mass is 9.96. The molecule has 172 valence electrons. The molecule has 0 bridgehead atoms. The summed E-state index contributed by atoms with van der Waals surface area (Å²) in [7, 11) is 0. The smallest absolute Gasteiger partial charge is 0.398 e. The zero-order valence-corrected chi connectivity index (χ0v) is 17.3. The van der Waals surface area contributed by atoms with Crippen LogP contribution in [0.3, 0.4) is 0 Å². The molecule has 0 amide bonds. The number of alkyl halides is 6. The van der Waals surface area contributed by atoms with Gasteiger partial charge < -0.3 is 15.4 Å². The molecule has 2 aromatic rings. The third-order valence-electron chi connectivity index (χ3n) is 4.62. The molecule has 32 heavy (non-hydrogen) atoms. The van der Waals surface area contributed by atoms with Crippen LogP contribution < -0.4 is 5.73 Å².